The highest BCUT2D eigenvalue weighted by Gasteiger charge is 2.45. The van der Waals surface area contributed by atoms with Crippen LogP contribution in [0.2, 0.25) is 0 Å². The maximum Gasteiger partial charge on any atom is 0.0185 e. The van der Waals surface area contributed by atoms with Gasteiger partial charge in [-0.1, -0.05) is 13.8 Å². The third-order valence-corrected chi connectivity index (χ3v) is 3.46. The fraction of sp³-hybridized carbons (Fsp3) is 1.00. The maximum atomic E-state index is 3.65. The standard InChI is InChI=1S/C10H19N/c1-8(2)9-3-6-11-10(7-9)4-5-10/h8-9,11H,3-7H2,1-2H3/t9-/m1/s1. The van der Waals surface area contributed by atoms with Gasteiger partial charge in [-0.15, -0.1) is 0 Å². The molecule has 1 saturated carbocycles. The average Bonchev–Trinajstić information content (AvgIpc) is 2.69. The largest absolute Gasteiger partial charge is 0.311 e. The molecule has 0 aromatic heterocycles. The fourth-order valence-corrected chi connectivity index (χ4v) is 2.30. The summed E-state index contributed by atoms with van der Waals surface area (Å²) in [7, 11) is 0. The first-order valence-corrected chi connectivity index (χ1v) is 4.97. The third kappa shape index (κ3) is 1.44. The molecule has 1 spiro atoms. The molecule has 0 radical (unpaired) electrons. The molecule has 2 fully saturated rings. The van der Waals surface area contributed by atoms with Crippen molar-refractivity contribution in [3.05, 3.63) is 0 Å². The van der Waals surface area contributed by atoms with Crippen LogP contribution in [0.1, 0.15) is 39.5 Å². The Morgan fingerprint density at radius 2 is 2.09 bits per heavy atom. The van der Waals surface area contributed by atoms with E-state index in [1.54, 1.807) is 0 Å². The van der Waals surface area contributed by atoms with E-state index in [0.29, 0.717) is 5.54 Å². The van der Waals surface area contributed by atoms with Crippen molar-refractivity contribution >= 4 is 0 Å². The van der Waals surface area contributed by atoms with Gasteiger partial charge in [0.25, 0.3) is 0 Å². The van der Waals surface area contributed by atoms with Gasteiger partial charge in [0.15, 0.2) is 0 Å². The molecule has 1 heterocycles. The highest BCUT2D eigenvalue weighted by molar-refractivity contribution is 5.05. The summed E-state index contributed by atoms with van der Waals surface area (Å²) in [6, 6.07) is 0. The zero-order chi connectivity index (χ0) is 7.90. The van der Waals surface area contributed by atoms with Crippen molar-refractivity contribution in [2.45, 2.75) is 45.1 Å². The van der Waals surface area contributed by atoms with Crippen LogP contribution in [-0.4, -0.2) is 12.1 Å². The number of hydrogen-bond acceptors (Lipinski definition) is 1. The van der Waals surface area contributed by atoms with Gasteiger partial charge in [0, 0.05) is 5.54 Å². The Morgan fingerprint density at radius 1 is 1.36 bits per heavy atom. The molecule has 1 nitrogen and oxygen atoms in total. The van der Waals surface area contributed by atoms with Crippen LogP contribution < -0.4 is 5.32 Å². The highest BCUT2D eigenvalue weighted by Crippen LogP contribution is 2.45. The fourth-order valence-electron chi connectivity index (χ4n) is 2.30. The topological polar surface area (TPSA) is 12.0 Å². The summed E-state index contributed by atoms with van der Waals surface area (Å²) in [5.41, 5.74) is 0.632. The molecule has 0 aromatic carbocycles. The minimum Gasteiger partial charge on any atom is -0.311 e. The third-order valence-electron chi connectivity index (χ3n) is 3.46. The summed E-state index contributed by atoms with van der Waals surface area (Å²) >= 11 is 0. The smallest absolute Gasteiger partial charge is 0.0185 e. The molecule has 1 aliphatic carbocycles. The van der Waals surface area contributed by atoms with Gasteiger partial charge in [-0.25, -0.2) is 0 Å². The van der Waals surface area contributed by atoms with E-state index >= 15 is 0 Å². The first-order valence-electron chi connectivity index (χ1n) is 4.97. The van der Waals surface area contributed by atoms with E-state index < -0.39 is 0 Å². The van der Waals surface area contributed by atoms with Crippen LogP contribution in [0.5, 0.6) is 0 Å². The normalized spacial score (nSPS) is 34.6. The van der Waals surface area contributed by atoms with Crippen molar-refractivity contribution in [1.29, 1.82) is 0 Å². The van der Waals surface area contributed by atoms with E-state index in [2.05, 4.69) is 19.2 Å². The summed E-state index contributed by atoms with van der Waals surface area (Å²) < 4.78 is 0. The average molecular weight is 153 g/mol. The van der Waals surface area contributed by atoms with Crippen LogP contribution in [0.3, 0.4) is 0 Å². The quantitative estimate of drug-likeness (QED) is 0.609. The molecule has 1 aliphatic heterocycles. The summed E-state index contributed by atoms with van der Waals surface area (Å²) in [6.07, 6.45) is 5.73. The van der Waals surface area contributed by atoms with Crippen molar-refractivity contribution in [3.63, 3.8) is 0 Å². The Bertz CT molecular complexity index is 147. The Kier molecular flexibility index (Phi) is 1.71. The van der Waals surface area contributed by atoms with E-state index in [1.165, 1.54) is 32.2 Å². The predicted octanol–water partition coefficient (Wildman–Crippen LogP) is 2.17. The molecule has 11 heavy (non-hydrogen) atoms. The zero-order valence-corrected chi connectivity index (χ0v) is 7.69. The molecular weight excluding hydrogens is 134 g/mol. The first-order chi connectivity index (χ1) is 5.22. The van der Waals surface area contributed by atoms with Gasteiger partial charge in [0.05, 0.1) is 0 Å². The zero-order valence-electron chi connectivity index (χ0n) is 7.69. The predicted molar refractivity (Wildman–Crippen MR) is 47.5 cm³/mol. The first kappa shape index (κ1) is 7.60. The molecule has 0 aromatic rings. The molecule has 1 atom stereocenters. The van der Waals surface area contributed by atoms with Crippen molar-refractivity contribution in [3.8, 4) is 0 Å². The summed E-state index contributed by atoms with van der Waals surface area (Å²) in [4.78, 5) is 0. The van der Waals surface area contributed by atoms with Crippen LogP contribution in [0.25, 0.3) is 0 Å². The lowest BCUT2D eigenvalue weighted by Crippen LogP contribution is -2.41. The second-order valence-electron chi connectivity index (χ2n) is 4.70. The summed E-state index contributed by atoms with van der Waals surface area (Å²) in [5.74, 6) is 1.90. The van der Waals surface area contributed by atoms with Crippen LogP contribution >= 0.6 is 0 Å². The van der Waals surface area contributed by atoms with Gasteiger partial charge < -0.3 is 5.32 Å². The molecule has 1 heteroatoms. The van der Waals surface area contributed by atoms with Gasteiger partial charge in [-0.3, -0.25) is 0 Å². The lowest BCUT2D eigenvalue weighted by Gasteiger charge is -2.32. The number of nitrogens with one attached hydrogen (secondary N) is 1. The van der Waals surface area contributed by atoms with Gasteiger partial charge in [0.1, 0.15) is 0 Å². The molecule has 1 N–H and O–H groups in total. The van der Waals surface area contributed by atoms with Gasteiger partial charge >= 0.3 is 0 Å². The second-order valence-corrected chi connectivity index (χ2v) is 4.70. The van der Waals surface area contributed by atoms with Crippen LogP contribution in [0.15, 0.2) is 0 Å². The van der Waals surface area contributed by atoms with Crippen molar-refractivity contribution < 1.29 is 0 Å². The lowest BCUT2D eigenvalue weighted by atomic mass is 9.83. The Labute approximate surface area is 69.6 Å². The molecule has 0 amide bonds. The maximum absolute atomic E-state index is 3.65. The summed E-state index contributed by atoms with van der Waals surface area (Å²) in [5, 5.41) is 3.65. The lowest BCUT2D eigenvalue weighted by molar-refractivity contribution is 0.231. The van der Waals surface area contributed by atoms with Gasteiger partial charge in [-0.05, 0) is 44.1 Å². The summed E-state index contributed by atoms with van der Waals surface area (Å²) in [6.45, 7) is 6.00. The molecule has 2 aliphatic rings. The van der Waals surface area contributed by atoms with E-state index in [0.717, 1.165) is 11.8 Å². The molecule has 64 valence electrons. The number of hydrogen-bond donors (Lipinski definition) is 1. The monoisotopic (exact) mass is 153 g/mol. The van der Waals surface area contributed by atoms with E-state index in [4.69, 9.17) is 0 Å². The van der Waals surface area contributed by atoms with Crippen molar-refractivity contribution in [2.24, 2.45) is 11.8 Å². The van der Waals surface area contributed by atoms with Gasteiger partial charge in [0.2, 0.25) is 0 Å². The minimum atomic E-state index is 0.632. The van der Waals surface area contributed by atoms with Crippen LogP contribution in [-0.2, 0) is 0 Å². The molecule has 0 bridgehead atoms. The van der Waals surface area contributed by atoms with Crippen molar-refractivity contribution in [2.75, 3.05) is 6.54 Å². The van der Waals surface area contributed by atoms with Crippen LogP contribution in [0, 0.1) is 11.8 Å². The Balaban J connectivity index is 1.93. The second kappa shape index (κ2) is 2.48. The number of rotatable bonds is 1. The SMILES string of the molecule is CC(C)[C@@H]1CCNC2(CC2)C1. The Hall–Kier alpha value is -0.0400. The van der Waals surface area contributed by atoms with Crippen LogP contribution in [0.4, 0.5) is 0 Å². The Morgan fingerprint density at radius 3 is 2.64 bits per heavy atom. The molecule has 2 rings (SSSR count). The molecular formula is C10H19N. The van der Waals surface area contributed by atoms with E-state index in [9.17, 15) is 0 Å². The molecule has 0 unspecified atom stereocenters. The number of piperidine rings is 1. The van der Waals surface area contributed by atoms with Gasteiger partial charge in [-0.2, -0.15) is 0 Å². The molecule has 1 saturated heterocycles. The highest BCUT2D eigenvalue weighted by atomic mass is 15.0. The van der Waals surface area contributed by atoms with Crippen molar-refractivity contribution in [1.82, 2.24) is 5.32 Å². The van der Waals surface area contributed by atoms with E-state index in [1.807, 2.05) is 0 Å². The van der Waals surface area contributed by atoms with E-state index in [-0.39, 0.29) is 0 Å². The minimum absolute atomic E-state index is 0.632.